The van der Waals surface area contributed by atoms with Gasteiger partial charge in [0.2, 0.25) is 0 Å². The van der Waals surface area contributed by atoms with Crippen LogP contribution in [0.15, 0.2) is 109 Å². The highest BCUT2D eigenvalue weighted by molar-refractivity contribution is 6.30. The zero-order valence-corrected chi connectivity index (χ0v) is 15.4. The van der Waals surface area contributed by atoms with Crippen molar-refractivity contribution >= 4 is 32.3 Å². The molecule has 0 nitrogen and oxygen atoms in total. The Kier molecular flexibility index (Phi) is 3.27. The highest BCUT2D eigenvalue weighted by Crippen LogP contribution is 2.47. The Hall–Kier alpha value is -3.64. The molecule has 6 aromatic carbocycles. The van der Waals surface area contributed by atoms with Gasteiger partial charge in [-0.05, 0) is 54.6 Å². The third-order valence-electron chi connectivity index (χ3n) is 5.80. The van der Waals surface area contributed by atoms with Crippen LogP contribution in [0.2, 0.25) is 0 Å². The molecule has 0 aliphatic rings. The molecule has 0 amide bonds. The monoisotopic (exact) mass is 354 g/mol. The maximum absolute atomic E-state index is 2.28. The fraction of sp³-hybridized carbons (Fsp3) is 0. The lowest BCUT2D eigenvalue weighted by atomic mass is 9.82. The van der Waals surface area contributed by atoms with Crippen LogP contribution in [-0.2, 0) is 0 Å². The third-order valence-corrected chi connectivity index (χ3v) is 5.80. The van der Waals surface area contributed by atoms with Gasteiger partial charge in [0, 0.05) is 0 Å². The number of benzene rings is 6. The van der Waals surface area contributed by atoms with Crippen molar-refractivity contribution in [3.8, 4) is 22.3 Å². The van der Waals surface area contributed by atoms with Crippen molar-refractivity contribution in [1.29, 1.82) is 0 Å². The summed E-state index contributed by atoms with van der Waals surface area (Å²) in [6.07, 6.45) is 0. The molecule has 0 aromatic heterocycles. The van der Waals surface area contributed by atoms with Crippen LogP contribution in [0.3, 0.4) is 0 Å². The quantitative estimate of drug-likeness (QED) is 0.277. The van der Waals surface area contributed by atoms with Crippen molar-refractivity contribution in [3.63, 3.8) is 0 Å². The minimum atomic E-state index is 1.26. The van der Waals surface area contributed by atoms with E-state index < -0.39 is 0 Å². The molecule has 0 aliphatic carbocycles. The van der Waals surface area contributed by atoms with Gasteiger partial charge in [0.1, 0.15) is 0 Å². The van der Waals surface area contributed by atoms with E-state index >= 15 is 0 Å². The van der Waals surface area contributed by atoms with Gasteiger partial charge in [-0.2, -0.15) is 0 Å². The van der Waals surface area contributed by atoms with E-state index in [4.69, 9.17) is 0 Å². The van der Waals surface area contributed by atoms with E-state index in [0.29, 0.717) is 0 Å². The minimum Gasteiger partial charge on any atom is -0.0622 e. The number of rotatable bonds is 2. The summed E-state index contributed by atoms with van der Waals surface area (Å²) in [5.41, 5.74) is 5.17. The third kappa shape index (κ3) is 2.12. The molecule has 0 N–H and O–H groups in total. The van der Waals surface area contributed by atoms with E-state index in [1.165, 1.54) is 54.6 Å². The molecule has 0 saturated carbocycles. The molecule has 0 spiro atoms. The Bertz CT molecular complexity index is 1310. The molecule has 0 saturated heterocycles. The molecular formula is C28H18. The topological polar surface area (TPSA) is 0 Å². The highest BCUT2D eigenvalue weighted by Gasteiger charge is 2.19. The minimum absolute atomic E-state index is 1.26. The molecule has 0 bridgehead atoms. The van der Waals surface area contributed by atoms with Gasteiger partial charge in [0.15, 0.2) is 0 Å². The fourth-order valence-corrected chi connectivity index (χ4v) is 4.65. The summed E-state index contributed by atoms with van der Waals surface area (Å²) in [5.74, 6) is 0. The molecule has 6 rings (SSSR count). The summed E-state index contributed by atoms with van der Waals surface area (Å²) in [6, 6.07) is 39.5. The summed E-state index contributed by atoms with van der Waals surface area (Å²) in [7, 11) is 0. The van der Waals surface area contributed by atoms with E-state index in [1.54, 1.807) is 0 Å². The van der Waals surface area contributed by atoms with Crippen molar-refractivity contribution in [2.45, 2.75) is 0 Å². The molecule has 0 aliphatic heterocycles. The van der Waals surface area contributed by atoms with Crippen LogP contribution < -0.4 is 0 Å². The average molecular weight is 354 g/mol. The lowest BCUT2D eigenvalue weighted by Gasteiger charge is -2.20. The van der Waals surface area contributed by atoms with E-state index in [1.807, 2.05) is 0 Å². The van der Waals surface area contributed by atoms with Gasteiger partial charge in [0.25, 0.3) is 0 Å². The normalized spacial score (nSPS) is 11.6. The van der Waals surface area contributed by atoms with E-state index in [9.17, 15) is 0 Å². The predicted octanol–water partition coefficient (Wildman–Crippen LogP) is 7.92. The lowest BCUT2D eigenvalue weighted by Crippen LogP contribution is -1.93. The van der Waals surface area contributed by atoms with Gasteiger partial charge in [0.05, 0.1) is 0 Å². The van der Waals surface area contributed by atoms with Crippen LogP contribution in [0.4, 0.5) is 0 Å². The second-order valence-corrected chi connectivity index (χ2v) is 7.35. The average Bonchev–Trinajstić information content (AvgIpc) is 2.78. The molecule has 6 aromatic rings. The van der Waals surface area contributed by atoms with Crippen LogP contribution >= 0.6 is 0 Å². The summed E-state index contributed by atoms with van der Waals surface area (Å²) in [4.78, 5) is 0. The van der Waals surface area contributed by atoms with Crippen LogP contribution in [0, 0.1) is 0 Å². The van der Waals surface area contributed by atoms with Crippen molar-refractivity contribution in [1.82, 2.24) is 0 Å². The highest BCUT2D eigenvalue weighted by atomic mass is 14.2. The SMILES string of the molecule is c1ccc(-c2c(-c3ccccc3)c3cccc4ccc5cccc2c5c43)cc1. The second-order valence-electron chi connectivity index (χ2n) is 7.35. The Morgan fingerprint density at radius 2 is 0.750 bits per heavy atom. The first-order valence-electron chi connectivity index (χ1n) is 9.72. The van der Waals surface area contributed by atoms with E-state index in [2.05, 4.69) is 109 Å². The number of hydrogen-bond donors (Lipinski definition) is 0. The summed E-state index contributed by atoms with van der Waals surface area (Å²) < 4.78 is 0. The Labute approximate surface area is 164 Å². The van der Waals surface area contributed by atoms with Gasteiger partial charge in [-0.15, -0.1) is 0 Å². The van der Waals surface area contributed by atoms with Crippen molar-refractivity contribution < 1.29 is 0 Å². The first kappa shape index (κ1) is 15.4. The van der Waals surface area contributed by atoms with Gasteiger partial charge in [-0.1, -0.05) is 109 Å². The van der Waals surface area contributed by atoms with Crippen molar-refractivity contribution in [3.05, 3.63) is 109 Å². The van der Waals surface area contributed by atoms with Crippen molar-refractivity contribution in [2.24, 2.45) is 0 Å². The van der Waals surface area contributed by atoms with Crippen LogP contribution in [0.5, 0.6) is 0 Å². The molecule has 130 valence electrons. The van der Waals surface area contributed by atoms with Crippen molar-refractivity contribution in [2.75, 3.05) is 0 Å². The Morgan fingerprint density at radius 1 is 0.321 bits per heavy atom. The first-order valence-corrected chi connectivity index (χ1v) is 9.72. The molecule has 0 atom stereocenters. The van der Waals surface area contributed by atoms with E-state index in [-0.39, 0.29) is 0 Å². The van der Waals surface area contributed by atoms with E-state index in [0.717, 1.165) is 0 Å². The molecule has 0 unspecified atom stereocenters. The van der Waals surface area contributed by atoms with Crippen LogP contribution in [0.1, 0.15) is 0 Å². The molecule has 28 heavy (non-hydrogen) atoms. The lowest BCUT2D eigenvalue weighted by molar-refractivity contribution is 1.63. The smallest absolute Gasteiger partial charge is 0.00201 e. The van der Waals surface area contributed by atoms with Crippen LogP contribution in [0.25, 0.3) is 54.6 Å². The first-order chi connectivity index (χ1) is 13.9. The summed E-state index contributed by atoms with van der Waals surface area (Å²) in [5, 5.41) is 8.00. The fourth-order valence-electron chi connectivity index (χ4n) is 4.65. The molecule has 0 heteroatoms. The Balaban J connectivity index is 1.95. The molecule has 0 fully saturated rings. The van der Waals surface area contributed by atoms with Crippen LogP contribution in [-0.4, -0.2) is 0 Å². The second kappa shape index (κ2) is 5.94. The molecular weight excluding hydrogens is 336 g/mol. The standard InChI is InChI=1S/C28H18/c1-3-9-19(10-4-1)25-23-15-7-13-21-17-18-22-14-8-16-24(28(22)27(21)23)26(25)20-11-5-2-6-12-20/h1-18H. The molecule has 0 heterocycles. The van der Waals surface area contributed by atoms with Gasteiger partial charge in [-0.25, -0.2) is 0 Å². The summed E-state index contributed by atoms with van der Waals surface area (Å²) in [6.45, 7) is 0. The largest absolute Gasteiger partial charge is 0.0622 e. The van der Waals surface area contributed by atoms with Gasteiger partial charge in [-0.3, -0.25) is 0 Å². The zero-order chi connectivity index (χ0) is 18.5. The maximum atomic E-state index is 2.28. The Morgan fingerprint density at radius 3 is 1.18 bits per heavy atom. The molecule has 0 radical (unpaired) electrons. The number of hydrogen-bond acceptors (Lipinski definition) is 0. The van der Waals surface area contributed by atoms with Gasteiger partial charge >= 0.3 is 0 Å². The predicted molar refractivity (Wildman–Crippen MR) is 121 cm³/mol. The summed E-state index contributed by atoms with van der Waals surface area (Å²) >= 11 is 0. The maximum Gasteiger partial charge on any atom is -0.00201 e. The van der Waals surface area contributed by atoms with Gasteiger partial charge < -0.3 is 0 Å². The zero-order valence-electron chi connectivity index (χ0n) is 15.4.